The van der Waals surface area contributed by atoms with Crippen LogP contribution < -0.4 is 4.74 Å². The molecule has 236 valence electrons. The van der Waals surface area contributed by atoms with Gasteiger partial charge in [-0.3, -0.25) is 9.69 Å². The second-order valence-corrected chi connectivity index (χ2v) is 15.7. The number of hydrogen-bond acceptors (Lipinski definition) is 5. The van der Waals surface area contributed by atoms with Gasteiger partial charge >= 0.3 is 0 Å². The molecule has 3 aromatic carbocycles. The van der Waals surface area contributed by atoms with Crippen LogP contribution in [0.25, 0.3) is 0 Å². The van der Waals surface area contributed by atoms with Crippen molar-refractivity contribution in [2.24, 2.45) is 5.92 Å². The highest BCUT2D eigenvalue weighted by Crippen LogP contribution is 2.32. The smallest absolute Gasteiger partial charge is 0.243 e. The standard InChI is InChI=1S/C34H41Cl2N3O4S/c1-23-16-28(34(3,4)5)17-24(2)32(23)44(41,42)39-14-12-38(13-15-39)33(40)27-20-37(21-27)19-25-6-9-29(10-7-25)43-22-26-8-11-30(35)31(36)18-26/h6-11,16-18,27H,12-15,19-22H2,1-5H3. The number of sulfonamides is 1. The molecule has 5 rings (SSSR count). The first kappa shape index (κ1) is 32.8. The fourth-order valence-corrected chi connectivity index (χ4v) is 8.08. The maximum atomic E-state index is 13.6. The Labute approximate surface area is 271 Å². The number of amides is 1. The molecule has 0 radical (unpaired) electrons. The minimum atomic E-state index is -3.65. The second kappa shape index (κ2) is 13.0. The van der Waals surface area contributed by atoms with Crippen molar-refractivity contribution in [2.75, 3.05) is 39.3 Å². The molecular formula is C34H41Cl2N3O4S. The van der Waals surface area contributed by atoms with Crippen molar-refractivity contribution in [3.8, 4) is 5.75 Å². The van der Waals surface area contributed by atoms with Crippen LogP contribution in [-0.2, 0) is 33.4 Å². The average Bonchev–Trinajstić information content (AvgIpc) is 2.95. The van der Waals surface area contributed by atoms with E-state index in [1.165, 1.54) is 4.31 Å². The molecular weight excluding hydrogens is 617 g/mol. The van der Waals surface area contributed by atoms with Crippen LogP contribution in [0.2, 0.25) is 10.0 Å². The summed E-state index contributed by atoms with van der Waals surface area (Å²) in [6.07, 6.45) is 0. The molecule has 0 unspecified atom stereocenters. The number of ether oxygens (including phenoxy) is 1. The summed E-state index contributed by atoms with van der Waals surface area (Å²) in [6, 6.07) is 17.4. The summed E-state index contributed by atoms with van der Waals surface area (Å²) in [7, 11) is -3.65. The third-order valence-electron chi connectivity index (χ3n) is 8.50. The number of nitrogens with zero attached hydrogens (tertiary/aromatic N) is 3. The van der Waals surface area contributed by atoms with Crippen molar-refractivity contribution in [3.63, 3.8) is 0 Å². The van der Waals surface area contributed by atoms with E-state index in [4.69, 9.17) is 27.9 Å². The van der Waals surface area contributed by atoms with Gasteiger partial charge in [-0.1, -0.05) is 74.3 Å². The lowest BCUT2D eigenvalue weighted by molar-refractivity contribution is -0.142. The van der Waals surface area contributed by atoms with Gasteiger partial charge in [-0.25, -0.2) is 8.42 Å². The Balaban J connectivity index is 1.08. The highest BCUT2D eigenvalue weighted by molar-refractivity contribution is 7.89. The summed E-state index contributed by atoms with van der Waals surface area (Å²) < 4.78 is 34.7. The van der Waals surface area contributed by atoms with Gasteiger partial charge in [0.2, 0.25) is 15.9 Å². The van der Waals surface area contributed by atoms with Gasteiger partial charge in [-0.15, -0.1) is 0 Å². The molecule has 0 saturated carbocycles. The normalized spacial score (nSPS) is 17.0. The topological polar surface area (TPSA) is 70.2 Å². The van der Waals surface area contributed by atoms with E-state index >= 15 is 0 Å². The fraction of sp³-hybridized carbons (Fsp3) is 0.441. The molecule has 7 nitrogen and oxygen atoms in total. The number of aryl methyl sites for hydroxylation is 2. The number of hydrogen-bond donors (Lipinski definition) is 0. The van der Waals surface area contributed by atoms with E-state index < -0.39 is 10.0 Å². The Morgan fingerprint density at radius 1 is 0.864 bits per heavy atom. The predicted molar refractivity (Wildman–Crippen MR) is 176 cm³/mol. The fourth-order valence-electron chi connectivity index (χ4n) is 5.93. The number of rotatable bonds is 8. The first-order chi connectivity index (χ1) is 20.7. The molecule has 2 heterocycles. The summed E-state index contributed by atoms with van der Waals surface area (Å²) in [5, 5.41) is 1.03. The number of carbonyl (C=O) groups is 1. The monoisotopic (exact) mass is 657 g/mol. The summed E-state index contributed by atoms with van der Waals surface area (Å²) in [5.74, 6) is 0.831. The van der Waals surface area contributed by atoms with Crippen LogP contribution in [0.15, 0.2) is 59.5 Å². The second-order valence-electron chi connectivity index (χ2n) is 13.0. The molecule has 2 aliphatic heterocycles. The molecule has 0 N–H and O–H groups in total. The molecule has 0 spiro atoms. The van der Waals surface area contributed by atoms with Gasteiger partial charge in [0.1, 0.15) is 12.4 Å². The van der Waals surface area contributed by atoms with Crippen molar-refractivity contribution in [1.82, 2.24) is 14.1 Å². The number of benzene rings is 3. The van der Waals surface area contributed by atoms with Crippen molar-refractivity contribution in [1.29, 1.82) is 0 Å². The SMILES string of the molecule is Cc1cc(C(C)(C)C)cc(C)c1S(=O)(=O)N1CCN(C(=O)C2CN(Cc3ccc(OCc4ccc(Cl)c(Cl)c4)cc3)C2)CC1. The Hall–Kier alpha value is -2.62. The maximum Gasteiger partial charge on any atom is 0.243 e. The molecule has 2 fully saturated rings. The predicted octanol–water partition coefficient (Wildman–Crippen LogP) is 6.45. The van der Waals surface area contributed by atoms with Gasteiger partial charge in [0.15, 0.2) is 0 Å². The van der Waals surface area contributed by atoms with E-state index in [9.17, 15) is 13.2 Å². The third kappa shape index (κ3) is 7.26. The van der Waals surface area contributed by atoms with Crippen LogP contribution >= 0.6 is 23.2 Å². The van der Waals surface area contributed by atoms with Crippen molar-refractivity contribution < 1.29 is 17.9 Å². The third-order valence-corrected chi connectivity index (χ3v) is 11.4. The first-order valence-electron chi connectivity index (χ1n) is 15.0. The largest absolute Gasteiger partial charge is 0.489 e. The van der Waals surface area contributed by atoms with Crippen LogP contribution in [0, 0.1) is 19.8 Å². The van der Waals surface area contributed by atoms with Crippen LogP contribution in [0.1, 0.15) is 48.6 Å². The van der Waals surface area contributed by atoms with E-state index in [1.54, 1.807) is 12.1 Å². The van der Waals surface area contributed by atoms with Gasteiger partial charge in [-0.2, -0.15) is 4.31 Å². The molecule has 0 aromatic heterocycles. The number of carbonyl (C=O) groups excluding carboxylic acids is 1. The van der Waals surface area contributed by atoms with Crippen molar-refractivity contribution >= 4 is 39.1 Å². The molecule has 2 aliphatic rings. The Kier molecular flexibility index (Phi) is 9.69. The summed E-state index contributed by atoms with van der Waals surface area (Å²) in [6.45, 7) is 14.1. The maximum absolute atomic E-state index is 13.6. The van der Waals surface area contributed by atoms with Gasteiger partial charge in [0, 0.05) is 45.8 Å². The van der Waals surface area contributed by atoms with Crippen molar-refractivity contribution in [2.45, 2.75) is 58.1 Å². The zero-order valence-corrected chi connectivity index (χ0v) is 28.4. The van der Waals surface area contributed by atoms with Crippen LogP contribution in [-0.4, -0.2) is 67.7 Å². The Morgan fingerprint density at radius 3 is 2.02 bits per heavy atom. The van der Waals surface area contributed by atoms with Crippen LogP contribution in [0.5, 0.6) is 5.75 Å². The number of halogens is 2. The molecule has 0 bridgehead atoms. The van der Waals surface area contributed by atoms with Crippen LogP contribution in [0.3, 0.4) is 0 Å². The Bertz CT molecular complexity index is 1600. The van der Waals surface area contributed by atoms with Crippen LogP contribution in [0.4, 0.5) is 0 Å². The minimum Gasteiger partial charge on any atom is -0.489 e. The zero-order chi connectivity index (χ0) is 31.8. The van der Waals surface area contributed by atoms with E-state index in [0.717, 1.165) is 40.1 Å². The summed E-state index contributed by atoms with van der Waals surface area (Å²) >= 11 is 12.1. The molecule has 1 amide bonds. The lowest BCUT2D eigenvalue weighted by Crippen LogP contribution is -2.58. The molecule has 10 heteroatoms. The van der Waals surface area contributed by atoms with E-state index in [1.807, 2.05) is 61.2 Å². The zero-order valence-electron chi connectivity index (χ0n) is 26.1. The van der Waals surface area contributed by atoms with E-state index in [-0.39, 0.29) is 17.2 Å². The molecule has 44 heavy (non-hydrogen) atoms. The lowest BCUT2D eigenvalue weighted by atomic mass is 9.85. The van der Waals surface area contributed by atoms with E-state index in [0.29, 0.717) is 60.8 Å². The molecule has 3 aromatic rings. The van der Waals surface area contributed by atoms with Gasteiger partial charge in [0.25, 0.3) is 0 Å². The number of likely N-dealkylation sites (tertiary alicyclic amines) is 1. The quantitative estimate of drug-likeness (QED) is 0.278. The van der Waals surface area contributed by atoms with Gasteiger partial charge < -0.3 is 9.64 Å². The summed E-state index contributed by atoms with van der Waals surface area (Å²) in [4.78, 5) is 17.7. The lowest BCUT2D eigenvalue weighted by Gasteiger charge is -2.42. The van der Waals surface area contributed by atoms with Gasteiger partial charge in [0.05, 0.1) is 20.9 Å². The highest BCUT2D eigenvalue weighted by Gasteiger charge is 2.38. The first-order valence-corrected chi connectivity index (χ1v) is 17.2. The molecule has 0 aliphatic carbocycles. The Morgan fingerprint density at radius 2 is 1.45 bits per heavy atom. The van der Waals surface area contributed by atoms with E-state index in [2.05, 4.69) is 25.7 Å². The van der Waals surface area contributed by atoms with Gasteiger partial charge in [-0.05, 0) is 71.3 Å². The van der Waals surface area contributed by atoms with Crippen molar-refractivity contribution in [3.05, 3.63) is 92.5 Å². The molecule has 0 atom stereocenters. The molecule has 2 saturated heterocycles. The minimum absolute atomic E-state index is 0.0543. The number of piperazine rings is 1. The average molecular weight is 659 g/mol. The summed E-state index contributed by atoms with van der Waals surface area (Å²) in [5.41, 5.74) is 4.70. The highest BCUT2D eigenvalue weighted by atomic mass is 35.5.